The zero-order valence-electron chi connectivity index (χ0n) is 8.85. The van der Waals surface area contributed by atoms with Crippen LogP contribution >= 0.6 is 0 Å². The van der Waals surface area contributed by atoms with Gasteiger partial charge in [-0.2, -0.15) is 0 Å². The van der Waals surface area contributed by atoms with Crippen molar-refractivity contribution in [3.8, 4) is 0 Å². The molecule has 0 atom stereocenters. The van der Waals surface area contributed by atoms with Gasteiger partial charge in [0, 0.05) is 5.70 Å². The lowest BCUT2D eigenvalue weighted by molar-refractivity contribution is 0.758. The number of hydrogen-bond acceptors (Lipinski definition) is 2. The number of allylic oxidation sites excluding steroid dienone is 4. The molecule has 0 heterocycles. The van der Waals surface area contributed by atoms with Crippen LogP contribution in [0.4, 0.5) is 0 Å². The smallest absolute Gasteiger partial charge is 0.0294 e. The van der Waals surface area contributed by atoms with Crippen LogP contribution in [-0.4, -0.2) is 0 Å². The van der Waals surface area contributed by atoms with Gasteiger partial charge in [0.2, 0.25) is 0 Å². The normalized spacial score (nSPS) is 18.7. The fraction of sp³-hybridized carbons (Fsp3) is 0.636. The number of hydrogen-bond donors (Lipinski definition) is 2. The largest absolute Gasteiger partial charge is 0.328 e. The Bertz CT molecular complexity index is 236. The first-order chi connectivity index (χ1) is 6.20. The lowest BCUT2D eigenvalue weighted by Gasteiger charge is -2.14. The van der Waals surface area contributed by atoms with E-state index in [4.69, 9.17) is 5.84 Å². The second kappa shape index (κ2) is 4.47. The van der Waals surface area contributed by atoms with E-state index in [0.717, 1.165) is 6.42 Å². The van der Waals surface area contributed by atoms with Crippen molar-refractivity contribution < 1.29 is 0 Å². The molecule has 0 fully saturated rings. The van der Waals surface area contributed by atoms with Crippen LogP contribution in [0.5, 0.6) is 0 Å². The van der Waals surface area contributed by atoms with Gasteiger partial charge in [0.1, 0.15) is 0 Å². The maximum absolute atomic E-state index is 5.48. The first kappa shape index (κ1) is 10.3. The molecule has 0 aromatic heterocycles. The lowest BCUT2D eigenvalue weighted by Crippen LogP contribution is -2.21. The maximum Gasteiger partial charge on any atom is 0.0294 e. The number of rotatable bonds is 3. The zero-order valence-corrected chi connectivity index (χ0v) is 8.85. The molecule has 2 nitrogen and oxygen atoms in total. The van der Waals surface area contributed by atoms with Gasteiger partial charge < -0.3 is 5.43 Å². The maximum atomic E-state index is 5.48. The van der Waals surface area contributed by atoms with Crippen molar-refractivity contribution in [2.24, 2.45) is 11.8 Å². The summed E-state index contributed by atoms with van der Waals surface area (Å²) in [4.78, 5) is 0. The van der Waals surface area contributed by atoms with Crippen molar-refractivity contribution in [3.63, 3.8) is 0 Å². The third-order valence-electron chi connectivity index (χ3n) is 2.67. The predicted octanol–water partition coefficient (Wildman–Crippen LogP) is 2.49. The molecule has 0 saturated heterocycles. The minimum absolute atomic E-state index is 0.599. The fourth-order valence-electron chi connectivity index (χ4n) is 2.08. The van der Waals surface area contributed by atoms with E-state index in [2.05, 4.69) is 32.3 Å². The van der Waals surface area contributed by atoms with Crippen LogP contribution < -0.4 is 11.3 Å². The topological polar surface area (TPSA) is 38.0 Å². The Morgan fingerprint density at radius 2 is 2.15 bits per heavy atom. The highest BCUT2D eigenvalue weighted by Gasteiger charge is 2.18. The average Bonchev–Trinajstić information content (AvgIpc) is 2.53. The fourth-order valence-corrected chi connectivity index (χ4v) is 2.08. The molecule has 0 spiro atoms. The average molecular weight is 180 g/mol. The molecule has 0 aromatic carbocycles. The van der Waals surface area contributed by atoms with E-state index in [1.807, 2.05) is 0 Å². The summed E-state index contributed by atoms with van der Waals surface area (Å²) in [5, 5.41) is 0. The summed E-state index contributed by atoms with van der Waals surface area (Å²) in [7, 11) is 0. The van der Waals surface area contributed by atoms with Crippen LogP contribution in [-0.2, 0) is 0 Å². The Hall–Kier alpha value is -0.760. The van der Waals surface area contributed by atoms with Gasteiger partial charge in [0.15, 0.2) is 0 Å². The molecule has 0 unspecified atom stereocenters. The van der Waals surface area contributed by atoms with E-state index in [1.165, 1.54) is 29.7 Å². The molecule has 0 radical (unpaired) electrons. The van der Waals surface area contributed by atoms with Gasteiger partial charge in [-0.15, -0.1) is 0 Å². The van der Waals surface area contributed by atoms with E-state index in [-0.39, 0.29) is 0 Å². The highest BCUT2D eigenvalue weighted by atomic mass is 15.2. The molecule has 0 amide bonds. The monoisotopic (exact) mass is 180 g/mol. The second-order valence-electron chi connectivity index (χ2n) is 3.85. The predicted molar refractivity (Wildman–Crippen MR) is 56.8 cm³/mol. The van der Waals surface area contributed by atoms with Crippen molar-refractivity contribution in [1.82, 2.24) is 5.43 Å². The summed E-state index contributed by atoms with van der Waals surface area (Å²) in [6.45, 7) is 6.57. The summed E-state index contributed by atoms with van der Waals surface area (Å²) in [6.07, 6.45) is 5.73. The van der Waals surface area contributed by atoms with Crippen molar-refractivity contribution in [3.05, 3.63) is 22.9 Å². The molecule has 74 valence electrons. The molecule has 1 aliphatic carbocycles. The van der Waals surface area contributed by atoms with Crippen molar-refractivity contribution >= 4 is 0 Å². The van der Waals surface area contributed by atoms with Crippen LogP contribution in [0.3, 0.4) is 0 Å². The minimum atomic E-state index is 0.599. The summed E-state index contributed by atoms with van der Waals surface area (Å²) >= 11 is 0. The SMILES string of the molecule is C/C=C(\C1=C(NN)CCC1)C(C)C. The molecule has 13 heavy (non-hydrogen) atoms. The van der Waals surface area contributed by atoms with E-state index in [0.29, 0.717) is 5.92 Å². The van der Waals surface area contributed by atoms with E-state index in [1.54, 1.807) is 0 Å². The Labute approximate surface area is 80.9 Å². The Balaban J connectivity index is 2.91. The molecule has 0 aromatic rings. The Kier molecular flexibility index (Phi) is 3.55. The summed E-state index contributed by atoms with van der Waals surface area (Å²) in [5.74, 6) is 6.08. The third-order valence-corrected chi connectivity index (χ3v) is 2.67. The molecule has 1 aliphatic rings. The molecule has 1 rings (SSSR count). The van der Waals surface area contributed by atoms with E-state index in [9.17, 15) is 0 Å². The van der Waals surface area contributed by atoms with Crippen molar-refractivity contribution in [2.75, 3.05) is 0 Å². The van der Waals surface area contributed by atoms with Crippen LogP contribution in [0.2, 0.25) is 0 Å². The highest BCUT2D eigenvalue weighted by Crippen LogP contribution is 2.32. The lowest BCUT2D eigenvalue weighted by atomic mass is 9.94. The molecular formula is C11H20N2. The summed E-state index contributed by atoms with van der Waals surface area (Å²) in [5.41, 5.74) is 6.95. The highest BCUT2D eigenvalue weighted by molar-refractivity contribution is 5.38. The summed E-state index contributed by atoms with van der Waals surface area (Å²) < 4.78 is 0. The Morgan fingerprint density at radius 1 is 1.46 bits per heavy atom. The molecule has 0 aliphatic heterocycles. The first-order valence-electron chi connectivity index (χ1n) is 5.06. The van der Waals surface area contributed by atoms with Crippen LogP contribution in [0.1, 0.15) is 40.0 Å². The number of hydrazine groups is 1. The van der Waals surface area contributed by atoms with Gasteiger partial charge >= 0.3 is 0 Å². The van der Waals surface area contributed by atoms with Gasteiger partial charge in [-0.05, 0) is 43.3 Å². The second-order valence-corrected chi connectivity index (χ2v) is 3.85. The van der Waals surface area contributed by atoms with E-state index >= 15 is 0 Å². The quantitative estimate of drug-likeness (QED) is 0.517. The molecule has 3 N–H and O–H groups in total. The standard InChI is InChI=1S/C11H20N2/c1-4-9(8(2)3)10-6-5-7-11(10)13-12/h4,8,13H,5-7,12H2,1-3H3/b9-4-. The zero-order chi connectivity index (χ0) is 9.84. The van der Waals surface area contributed by atoms with Crippen LogP contribution in [0.25, 0.3) is 0 Å². The third kappa shape index (κ3) is 2.13. The molecule has 2 heteroatoms. The van der Waals surface area contributed by atoms with Gasteiger partial charge in [0.25, 0.3) is 0 Å². The molecular weight excluding hydrogens is 160 g/mol. The number of nitrogens with one attached hydrogen (secondary N) is 1. The molecule has 0 bridgehead atoms. The van der Waals surface area contributed by atoms with Crippen LogP contribution in [0.15, 0.2) is 22.9 Å². The van der Waals surface area contributed by atoms with Gasteiger partial charge in [0.05, 0.1) is 0 Å². The van der Waals surface area contributed by atoms with Crippen LogP contribution in [0, 0.1) is 5.92 Å². The summed E-state index contributed by atoms with van der Waals surface area (Å²) in [6, 6.07) is 0. The Morgan fingerprint density at radius 3 is 2.62 bits per heavy atom. The minimum Gasteiger partial charge on any atom is -0.328 e. The number of nitrogens with two attached hydrogens (primary N) is 1. The molecule has 0 saturated carbocycles. The van der Waals surface area contributed by atoms with Gasteiger partial charge in [-0.1, -0.05) is 19.9 Å². The van der Waals surface area contributed by atoms with Crippen molar-refractivity contribution in [1.29, 1.82) is 0 Å². The first-order valence-corrected chi connectivity index (χ1v) is 5.06. The van der Waals surface area contributed by atoms with Gasteiger partial charge in [-0.25, -0.2) is 0 Å². The van der Waals surface area contributed by atoms with Gasteiger partial charge in [-0.3, -0.25) is 5.84 Å². The van der Waals surface area contributed by atoms with Crippen molar-refractivity contribution in [2.45, 2.75) is 40.0 Å². The van der Waals surface area contributed by atoms with E-state index < -0.39 is 0 Å².